The van der Waals surface area contributed by atoms with E-state index < -0.39 is 52.9 Å². The van der Waals surface area contributed by atoms with Crippen molar-refractivity contribution in [1.29, 1.82) is 0 Å². The molecule has 1 saturated carbocycles. The van der Waals surface area contributed by atoms with Gasteiger partial charge in [-0.15, -0.1) is 0 Å². The molecular weight excluding hydrogens is 566 g/mol. The summed E-state index contributed by atoms with van der Waals surface area (Å²) >= 11 is 0. The Balaban J connectivity index is 1.22. The van der Waals surface area contributed by atoms with Crippen LogP contribution in [0.25, 0.3) is 0 Å². The summed E-state index contributed by atoms with van der Waals surface area (Å²) < 4.78 is 28.8. The Morgan fingerprint density at radius 3 is 2.57 bits per heavy atom. The summed E-state index contributed by atoms with van der Waals surface area (Å²) in [6.07, 6.45) is 2.22. The average Bonchev–Trinajstić information content (AvgIpc) is 3.32. The number of benzene rings is 2. The van der Waals surface area contributed by atoms with Gasteiger partial charge in [0.05, 0.1) is 18.1 Å². The lowest BCUT2D eigenvalue weighted by molar-refractivity contribution is -0.161. The standard InChI is InChI=1S/C34H39NO9/c1-19(35-29(36)26(20-10-7-6-8-11-20)43-31(38)44-32(2,3)4)30(37)41-24-15-17-34(39)22-12-9-16-33(34)25-21(18-22)13-14-23(40-5)27(25)42-28(24)33/h6-8,10-11,13-15,19,22,26,28,39H,9,12,16-18H2,1-5H3,(H,35,36)/t19-,22+,26-,28-,33-,34+/m0/s1. The SMILES string of the molecule is COc1ccc2c3c1O[C@H]1C(OC(=O)[C@H](C)NC(=O)[C@@H](OC(=O)OC(C)(C)C)c4ccccc4)=CC[C@@]4(O)[C@H](CCC[C@]314)C2. The number of aliphatic hydroxyl groups is 1. The van der Waals surface area contributed by atoms with E-state index in [9.17, 15) is 19.5 Å². The van der Waals surface area contributed by atoms with Crippen LogP contribution in [0.4, 0.5) is 4.79 Å². The highest BCUT2D eigenvalue weighted by Crippen LogP contribution is 2.67. The van der Waals surface area contributed by atoms with E-state index in [1.165, 1.54) is 6.92 Å². The summed E-state index contributed by atoms with van der Waals surface area (Å²) in [5.41, 5.74) is -0.150. The van der Waals surface area contributed by atoms with Crippen LogP contribution in [-0.2, 0) is 35.6 Å². The van der Waals surface area contributed by atoms with E-state index in [-0.39, 0.29) is 5.92 Å². The highest BCUT2D eigenvalue weighted by Gasteiger charge is 2.71. The molecule has 0 unspecified atom stereocenters. The first-order chi connectivity index (χ1) is 20.9. The Bertz CT molecular complexity index is 1510. The number of ether oxygens (including phenoxy) is 5. The van der Waals surface area contributed by atoms with Crippen LogP contribution >= 0.6 is 0 Å². The first-order valence-corrected chi connectivity index (χ1v) is 15.1. The largest absolute Gasteiger partial charge is 0.509 e. The molecule has 3 aliphatic carbocycles. The average molecular weight is 606 g/mol. The number of carbonyl (C=O) groups is 3. The lowest BCUT2D eigenvalue weighted by Gasteiger charge is -2.59. The molecule has 2 aromatic carbocycles. The van der Waals surface area contributed by atoms with Crippen molar-refractivity contribution < 1.29 is 43.2 Å². The third kappa shape index (κ3) is 4.80. The Morgan fingerprint density at radius 2 is 1.86 bits per heavy atom. The number of nitrogens with one attached hydrogen (secondary N) is 1. The third-order valence-corrected chi connectivity index (χ3v) is 9.34. The van der Waals surface area contributed by atoms with E-state index in [1.54, 1.807) is 64.3 Å². The van der Waals surface area contributed by atoms with Gasteiger partial charge in [0.15, 0.2) is 17.6 Å². The fourth-order valence-electron chi connectivity index (χ4n) is 7.51. The minimum absolute atomic E-state index is 0.0563. The minimum Gasteiger partial charge on any atom is -0.493 e. The lowest BCUT2D eigenvalue weighted by Crippen LogP contribution is -2.67. The molecule has 6 atom stereocenters. The molecule has 0 aromatic heterocycles. The number of esters is 1. The van der Waals surface area contributed by atoms with Gasteiger partial charge in [-0.3, -0.25) is 4.79 Å². The number of carbonyl (C=O) groups excluding carboxylic acids is 3. The third-order valence-electron chi connectivity index (χ3n) is 9.34. The highest BCUT2D eigenvalue weighted by molar-refractivity contribution is 5.89. The zero-order chi connectivity index (χ0) is 31.4. The van der Waals surface area contributed by atoms with E-state index in [1.807, 2.05) is 12.1 Å². The smallest absolute Gasteiger partial charge is 0.493 e. The number of rotatable bonds is 7. The summed E-state index contributed by atoms with van der Waals surface area (Å²) in [4.78, 5) is 39.3. The molecule has 1 amide bonds. The molecule has 1 heterocycles. The summed E-state index contributed by atoms with van der Waals surface area (Å²) in [5.74, 6) is 0.0906. The maximum absolute atomic E-state index is 13.5. The van der Waals surface area contributed by atoms with Crippen molar-refractivity contribution in [2.45, 2.75) is 94.7 Å². The van der Waals surface area contributed by atoms with E-state index >= 15 is 0 Å². The van der Waals surface area contributed by atoms with Crippen molar-refractivity contribution in [3.8, 4) is 11.5 Å². The normalized spacial score (nSPS) is 27.5. The second-order valence-corrected chi connectivity index (χ2v) is 13.2. The van der Waals surface area contributed by atoms with Gasteiger partial charge in [-0.1, -0.05) is 42.8 Å². The molecular formula is C34H39NO9. The van der Waals surface area contributed by atoms with Gasteiger partial charge in [0.1, 0.15) is 17.4 Å². The predicted molar refractivity (Wildman–Crippen MR) is 158 cm³/mol. The number of hydrogen-bond acceptors (Lipinski definition) is 9. The van der Waals surface area contributed by atoms with E-state index in [0.717, 1.165) is 30.4 Å². The van der Waals surface area contributed by atoms with Crippen molar-refractivity contribution >= 4 is 18.0 Å². The van der Waals surface area contributed by atoms with Gasteiger partial charge in [-0.2, -0.15) is 0 Å². The van der Waals surface area contributed by atoms with Gasteiger partial charge < -0.3 is 34.1 Å². The highest BCUT2D eigenvalue weighted by atomic mass is 16.7. The van der Waals surface area contributed by atoms with Gasteiger partial charge in [-0.05, 0) is 77.0 Å². The van der Waals surface area contributed by atoms with Crippen molar-refractivity contribution in [2.75, 3.05) is 7.11 Å². The summed E-state index contributed by atoms with van der Waals surface area (Å²) in [6, 6.07) is 11.3. The first-order valence-electron chi connectivity index (χ1n) is 15.1. The van der Waals surface area contributed by atoms with Crippen molar-refractivity contribution in [2.24, 2.45) is 5.92 Å². The van der Waals surface area contributed by atoms with Gasteiger partial charge >= 0.3 is 12.1 Å². The second kappa shape index (κ2) is 10.8. The van der Waals surface area contributed by atoms with E-state index in [2.05, 4.69) is 5.32 Å². The zero-order valence-electron chi connectivity index (χ0n) is 25.7. The molecule has 1 aliphatic heterocycles. The Morgan fingerprint density at radius 1 is 1.11 bits per heavy atom. The fourth-order valence-corrected chi connectivity index (χ4v) is 7.51. The Kier molecular flexibility index (Phi) is 7.39. The molecule has 44 heavy (non-hydrogen) atoms. The van der Waals surface area contributed by atoms with Crippen LogP contribution < -0.4 is 14.8 Å². The minimum atomic E-state index is -1.36. The maximum Gasteiger partial charge on any atom is 0.509 e. The van der Waals surface area contributed by atoms with Crippen molar-refractivity contribution in [1.82, 2.24) is 5.32 Å². The van der Waals surface area contributed by atoms with Crippen LogP contribution in [0.5, 0.6) is 11.5 Å². The van der Waals surface area contributed by atoms with Crippen LogP contribution in [-0.4, -0.2) is 53.6 Å². The summed E-state index contributed by atoms with van der Waals surface area (Å²) in [7, 11) is 1.58. The van der Waals surface area contributed by atoms with E-state index in [4.69, 9.17) is 23.7 Å². The molecule has 0 saturated heterocycles. The zero-order valence-corrected chi connectivity index (χ0v) is 25.7. The monoisotopic (exact) mass is 605 g/mol. The number of amides is 1. The fraction of sp³-hybridized carbons (Fsp3) is 0.500. The molecule has 234 valence electrons. The van der Waals surface area contributed by atoms with Gasteiger partial charge in [0, 0.05) is 11.1 Å². The van der Waals surface area contributed by atoms with Gasteiger partial charge in [0.2, 0.25) is 6.10 Å². The molecule has 4 aliphatic rings. The Hall–Kier alpha value is -4.05. The molecule has 1 spiro atoms. The van der Waals surface area contributed by atoms with Crippen molar-refractivity contribution in [3.05, 3.63) is 71.0 Å². The van der Waals surface area contributed by atoms with E-state index in [0.29, 0.717) is 35.7 Å². The second-order valence-electron chi connectivity index (χ2n) is 13.2. The predicted octanol–water partition coefficient (Wildman–Crippen LogP) is 4.81. The van der Waals surface area contributed by atoms with Crippen molar-refractivity contribution in [3.63, 3.8) is 0 Å². The molecule has 10 heteroatoms. The first kappa shape index (κ1) is 30.0. The van der Waals surface area contributed by atoms with Crippen LogP contribution in [0, 0.1) is 5.92 Å². The molecule has 2 N–H and O–H groups in total. The molecule has 1 fully saturated rings. The molecule has 0 radical (unpaired) electrons. The molecule has 2 aromatic rings. The summed E-state index contributed by atoms with van der Waals surface area (Å²) in [6.45, 7) is 6.56. The lowest BCUT2D eigenvalue weighted by atomic mass is 9.47. The maximum atomic E-state index is 13.5. The number of methoxy groups -OCH3 is 1. The van der Waals surface area contributed by atoms with Crippen LogP contribution in [0.1, 0.15) is 76.2 Å². The molecule has 10 nitrogen and oxygen atoms in total. The number of hydrogen-bond donors (Lipinski definition) is 2. The Labute approximate surface area is 256 Å². The van der Waals surface area contributed by atoms with Crippen LogP contribution in [0.3, 0.4) is 0 Å². The van der Waals surface area contributed by atoms with Gasteiger partial charge in [0.25, 0.3) is 5.91 Å². The van der Waals surface area contributed by atoms with Gasteiger partial charge in [-0.25, -0.2) is 9.59 Å². The van der Waals surface area contributed by atoms with Crippen LogP contribution in [0.2, 0.25) is 0 Å². The molecule has 6 rings (SSSR count). The quantitative estimate of drug-likeness (QED) is 0.427. The topological polar surface area (TPSA) is 130 Å². The summed E-state index contributed by atoms with van der Waals surface area (Å²) in [5, 5.41) is 14.9. The van der Waals surface area contributed by atoms with Crippen LogP contribution in [0.15, 0.2) is 54.3 Å². The molecule has 2 bridgehead atoms.